The number of rotatable bonds is 4. The van der Waals surface area contributed by atoms with Crippen LogP contribution in [0.1, 0.15) is 20.3 Å². The fourth-order valence-electron chi connectivity index (χ4n) is 1.94. The lowest BCUT2D eigenvalue weighted by Gasteiger charge is -2.26. The number of nitrogens with one attached hydrogen (secondary N) is 1. The summed E-state index contributed by atoms with van der Waals surface area (Å²) in [6.45, 7) is 4.16. The zero-order chi connectivity index (χ0) is 13.3. The molecular formula is C13H18N2O3. The SMILES string of the molecule is Cn1c(=O)oc2ccc(NC(C)(C)CCO)cc21. The highest BCUT2D eigenvalue weighted by molar-refractivity contribution is 5.77. The molecule has 0 saturated heterocycles. The molecule has 1 aromatic heterocycles. The second-order valence-corrected chi connectivity index (χ2v) is 5.09. The third-order valence-corrected chi connectivity index (χ3v) is 3.01. The summed E-state index contributed by atoms with van der Waals surface area (Å²) in [5.41, 5.74) is 2.03. The van der Waals surface area contributed by atoms with Crippen LogP contribution in [0.3, 0.4) is 0 Å². The fourth-order valence-corrected chi connectivity index (χ4v) is 1.94. The van der Waals surface area contributed by atoms with Crippen molar-refractivity contribution in [2.45, 2.75) is 25.8 Å². The molecule has 0 saturated carbocycles. The summed E-state index contributed by atoms with van der Waals surface area (Å²) in [5, 5.41) is 12.3. The van der Waals surface area contributed by atoms with E-state index in [0.717, 1.165) is 11.2 Å². The molecule has 0 fully saturated rings. The summed E-state index contributed by atoms with van der Waals surface area (Å²) < 4.78 is 6.54. The van der Waals surface area contributed by atoms with E-state index in [1.807, 2.05) is 26.0 Å². The smallest absolute Gasteiger partial charge is 0.408 e. The van der Waals surface area contributed by atoms with Crippen molar-refractivity contribution < 1.29 is 9.52 Å². The molecule has 1 heterocycles. The van der Waals surface area contributed by atoms with Gasteiger partial charge in [0.15, 0.2) is 5.58 Å². The number of hydrogen-bond acceptors (Lipinski definition) is 4. The molecule has 18 heavy (non-hydrogen) atoms. The van der Waals surface area contributed by atoms with Crippen molar-refractivity contribution in [2.24, 2.45) is 7.05 Å². The quantitative estimate of drug-likeness (QED) is 0.866. The Morgan fingerprint density at radius 1 is 1.44 bits per heavy atom. The molecular weight excluding hydrogens is 232 g/mol. The van der Waals surface area contributed by atoms with Gasteiger partial charge in [0.2, 0.25) is 0 Å². The van der Waals surface area contributed by atoms with Crippen molar-refractivity contribution in [1.82, 2.24) is 4.57 Å². The van der Waals surface area contributed by atoms with Gasteiger partial charge in [-0.25, -0.2) is 4.79 Å². The zero-order valence-electron chi connectivity index (χ0n) is 10.9. The molecule has 0 radical (unpaired) electrons. The highest BCUT2D eigenvalue weighted by atomic mass is 16.4. The van der Waals surface area contributed by atoms with Crippen LogP contribution in [-0.4, -0.2) is 21.8 Å². The molecule has 0 unspecified atom stereocenters. The second-order valence-electron chi connectivity index (χ2n) is 5.09. The number of aryl methyl sites for hydroxylation is 1. The first-order valence-corrected chi connectivity index (χ1v) is 5.91. The van der Waals surface area contributed by atoms with Crippen LogP contribution in [0.5, 0.6) is 0 Å². The highest BCUT2D eigenvalue weighted by Gasteiger charge is 2.17. The highest BCUT2D eigenvalue weighted by Crippen LogP contribution is 2.22. The van der Waals surface area contributed by atoms with Gasteiger partial charge in [0.25, 0.3) is 0 Å². The Morgan fingerprint density at radius 3 is 2.83 bits per heavy atom. The van der Waals surface area contributed by atoms with Crippen LogP contribution < -0.4 is 11.1 Å². The molecule has 5 nitrogen and oxygen atoms in total. The summed E-state index contributed by atoms with van der Waals surface area (Å²) in [5.74, 6) is -0.364. The monoisotopic (exact) mass is 250 g/mol. The average molecular weight is 250 g/mol. The van der Waals surface area contributed by atoms with Crippen molar-refractivity contribution in [3.8, 4) is 0 Å². The van der Waals surface area contributed by atoms with E-state index in [1.165, 1.54) is 4.57 Å². The largest absolute Gasteiger partial charge is 0.419 e. The summed E-state index contributed by atoms with van der Waals surface area (Å²) in [4.78, 5) is 11.4. The third kappa shape index (κ3) is 2.41. The maximum absolute atomic E-state index is 11.4. The number of hydrogen-bond donors (Lipinski definition) is 2. The summed E-state index contributed by atoms with van der Waals surface area (Å²) in [7, 11) is 1.68. The lowest BCUT2D eigenvalue weighted by atomic mass is 10.0. The summed E-state index contributed by atoms with van der Waals surface area (Å²) >= 11 is 0. The molecule has 98 valence electrons. The van der Waals surface area contributed by atoms with E-state index in [1.54, 1.807) is 13.1 Å². The van der Waals surface area contributed by atoms with Gasteiger partial charge < -0.3 is 14.8 Å². The van der Waals surface area contributed by atoms with E-state index in [9.17, 15) is 4.79 Å². The predicted octanol–water partition coefficient (Wildman–Crippen LogP) is 1.70. The first kappa shape index (κ1) is 12.7. The van der Waals surface area contributed by atoms with Gasteiger partial charge in [0, 0.05) is 24.9 Å². The summed E-state index contributed by atoms with van der Waals surface area (Å²) in [6.07, 6.45) is 0.648. The van der Waals surface area contributed by atoms with Gasteiger partial charge in [-0.2, -0.15) is 0 Å². The standard InChI is InChI=1S/C13H18N2O3/c1-13(2,6-7-16)14-9-4-5-11-10(8-9)15(3)12(17)18-11/h4-5,8,14,16H,6-7H2,1-3H3. The Morgan fingerprint density at radius 2 is 2.17 bits per heavy atom. The van der Waals surface area contributed by atoms with Crippen LogP contribution in [0.25, 0.3) is 11.1 Å². The van der Waals surface area contributed by atoms with Crippen molar-refractivity contribution >= 4 is 16.8 Å². The number of fused-ring (bicyclic) bond motifs is 1. The normalized spacial score (nSPS) is 12.0. The molecule has 0 aliphatic heterocycles. The fraction of sp³-hybridized carbons (Fsp3) is 0.462. The van der Waals surface area contributed by atoms with Crippen LogP contribution >= 0.6 is 0 Å². The minimum Gasteiger partial charge on any atom is -0.408 e. The van der Waals surface area contributed by atoms with Crippen molar-refractivity contribution in [2.75, 3.05) is 11.9 Å². The first-order valence-electron chi connectivity index (χ1n) is 5.91. The summed E-state index contributed by atoms with van der Waals surface area (Å²) in [6, 6.07) is 5.51. The Kier molecular flexibility index (Phi) is 3.17. The molecule has 0 spiro atoms. The van der Waals surface area contributed by atoms with E-state index in [4.69, 9.17) is 9.52 Å². The Balaban J connectivity index is 2.35. The number of aromatic nitrogens is 1. The van der Waals surface area contributed by atoms with Crippen molar-refractivity contribution in [1.29, 1.82) is 0 Å². The van der Waals surface area contributed by atoms with Crippen molar-refractivity contribution in [3.63, 3.8) is 0 Å². The zero-order valence-corrected chi connectivity index (χ0v) is 10.9. The molecule has 0 amide bonds. The second kappa shape index (κ2) is 4.49. The van der Waals surface area contributed by atoms with Crippen LogP contribution in [-0.2, 0) is 7.05 Å². The van der Waals surface area contributed by atoms with Gasteiger partial charge >= 0.3 is 5.76 Å². The molecule has 5 heteroatoms. The number of nitrogens with zero attached hydrogens (tertiary/aromatic N) is 1. The topological polar surface area (TPSA) is 67.4 Å². The van der Waals surface area contributed by atoms with Gasteiger partial charge in [-0.3, -0.25) is 4.57 Å². The first-order chi connectivity index (χ1) is 8.43. The molecule has 0 aliphatic rings. The number of anilines is 1. The maximum Gasteiger partial charge on any atom is 0.419 e. The Labute approximate surface area is 105 Å². The van der Waals surface area contributed by atoms with E-state index < -0.39 is 0 Å². The number of aliphatic hydroxyl groups excluding tert-OH is 1. The van der Waals surface area contributed by atoms with Gasteiger partial charge in [-0.05, 0) is 38.5 Å². The van der Waals surface area contributed by atoms with Crippen LogP contribution in [0.4, 0.5) is 5.69 Å². The third-order valence-electron chi connectivity index (χ3n) is 3.01. The van der Waals surface area contributed by atoms with Gasteiger partial charge in [0.05, 0.1) is 5.52 Å². The lowest BCUT2D eigenvalue weighted by Crippen LogP contribution is -2.31. The Hall–Kier alpha value is -1.75. The van der Waals surface area contributed by atoms with E-state index >= 15 is 0 Å². The van der Waals surface area contributed by atoms with Crippen molar-refractivity contribution in [3.05, 3.63) is 28.7 Å². The molecule has 2 N–H and O–H groups in total. The van der Waals surface area contributed by atoms with Crippen LogP contribution in [0.2, 0.25) is 0 Å². The molecule has 1 aromatic carbocycles. The molecule has 2 rings (SSSR count). The van der Waals surface area contributed by atoms with E-state index in [2.05, 4.69) is 5.32 Å². The number of benzene rings is 1. The van der Waals surface area contributed by atoms with E-state index in [0.29, 0.717) is 12.0 Å². The Bertz CT molecular complexity index is 610. The average Bonchev–Trinajstić information content (AvgIpc) is 2.55. The minimum atomic E-state index is -0.364. The number of oxazole rings is 1. The predicted molar refractivity (Wildman–Crippen MR) is 70.9 cm³/mol. The molecule has 0 bridgehead atoms. The molecule has 2 aromatic rings. The van der Waals surface area contributed by atoms with Gasteiger partial charge in [0.1, 0.15) is 0 Å². The van der Waals surface area contributed by atoms with E-state index in [-0.39, 0.29) is 17.9 Å². The number of aliphatic hydroxyl groups is 1. The van der Waals surface area contributed by atoms with Gasteiger partial charge in [-0.15, -0.1) is 0 Å². The van der Waals surface area contributed by atoms with Crippen LogP contribution in [0, 0.1) is 0 Å². The maximum atomic E-state index is 11.4. The lowest BCUT2D eigenvalue weighted by molar-refractivity contribution is 0.261. The molecule has 0 aliphatic carbocycles. The molecule has 0 atom stereocenters. The van der Waals surface area contributed by atoms with Gasteiger partial charge in [-0.1, -0.05) is 0 Å². The minimum absolute atomic E-state index is 0.131. The van der Waals surface area contributed by atoms with Crippen LogP contribution in [0.15, 0.2) is 27.4 Å².